The lowest BCUT2D eigenvalue weighted by molar-refractivity contribution is 1.59. The molecule has 0 aromatic heterocycles. The Morgan fingerprint density at radius 3 is 2.53 bits per heavy atom. The van der Waals surface area contributed by atoms with E-state index in [2.05, 4.69) is 35.7 Å². The van der Waals surface area contributed by atoms with E-state index in [-0.39, 0.29) is 0 Å². The van der Waals surface area contributed by atoms with Crippen molar-refractivity contribution >= 4 is 43.6 Å². The third kappa shape index (κ3) is 2.62. The summed E-state index contributed by atoms with van der Waals surface area (Å²) >= 11 is 2.14. The van der Waals surface area contributed by atoms with Gasteiger partial charge in [-0.1, -0.05) is 37.5 Å². The Labute approximate surface area is 103 Å². The molecule has 0 unspecified atom stereocenters. The maximum Gasteiger partial charge on any atom is 0.0637 e. The predicted molar refractivity (Wildman–Crippen MR) is 77.6 cm³/mol. The molecule has 4 N–H and O–H groups in total. The molecule has 0 aliphatic carbocycles. The summed E-state index contributed by atoms with van der Waals surface area (Å²) in [5.41, 5.74) is 14.7. The van der Waals surface area contributed by atoms with Crippen molar-refractivity contribution in [3.05, 3.63) is 48.6 Å². The van der Waals surface area contributed by atoms with Gasteiger partial charge in [0.1, 0.15) is 0 Å². The molecule has 3 heteroatoms. The zero-order valence-corrected chi connectivity index (χ0v) is 10.5. The number of allylic oxidation sites excluding steroid dienone is 2. The molecular formula is C12H13IN2. The predicted octanol–water partition coefficient (Wildman–Crippen LogP) is 3.46. The molecule has 0 amide bonds. The Bertz CT molecular complexity index is 433. The van der Waals surface area contributed by atoms with Gasteiger partial charge in [0.15, 0.2) is 0 Å². The molecule has 0 saturated heterocycles. The van der Waals surface area contributed by atoms with Crippen LogP contribution in [0.3, 0.4) is 0 Å². The first-order valence-electron chi connectivity index (χ1n) is 4.39. The fraction of sp³-hybridized carbons (Fsp3) is 0. The van der Waals surface area contributed by atoms with E-state index in [0.29, 0.717) is 11.4 Å². The number of nitrogens with two attached hydrogens (primary N) is 2. The van der Waals surface area contributed by atoms with E-state index in [9.17, 15) is 0 Å². The average molecular weight is 312 g/mol. The monoisotopic (exact) mass is 312 g/mol. The van der Waals surface area contributed by atoms with E-state index in [1.54, 1.807) is 12.1 Å². The standard InChI is InChI=1S/C12H13IN2/c1-3-4-5-9-6-7-10(14)12(15)11(9)8(2)13/h3-7H,1-2,14-15H2/b5-4-. The van der Waals surface area contributed by atoms with Gasteiger partial charge in [-0.3, -0.25) is 0 Å². The van der Waals surface area contributed by atoms with E-state index in [1.807, 2.05) is 18.2 Å². The molecule has 1 aromatic carbocycles. The number of rotatable bonds is 3. The van der Waals surface area contributed by atoms with E-state index in [1.165, 1.54) is 0 Å². The molecule has 0 saturated carbocycles. The number of nitrogen functional groups attached to an aromatic ring is 2. The van der Waals surface area contributed by atoms with Crippen molar-refractivity contribution in [2.75, 3.05) is 11.5 Å². The zero-order valence-electron chi connectivity index (χ0n) is 8.33. The molecular weight excluding hydrogens is 299 g/mol. The minimum Gasteiger partial charge on any atom is -0.397 e. The normalized spacial score (nSPS) is 10.5. The second kappa shape index (κ2) is 5.02. The molecule has 1 aromatic rings. The minimum absolute atomic E-state index is 0.582. The van der Waals surface area contributed by atoms with E-state index in [0.717, 1.165) is 14.7 Å². The van der Waals surface area contributed by atoms with Crippen molar-refractivity contribution in [2.45, 2.75) is 0 Å². The average Bonchev–Trinajstić information content (AvgIpc) is 2.19. The number of benzene rings is 1. The smallest absolute Gasteiger partial charge is 0.0637 e. The number of hydrogen-bond donors (Lipinski definition) is 2. The fourth-order valence-corrected chi connectivity index (χ4v) is 1.87. The lowest BCUT2D eigenvalue weighted by atomic mass is 10.0. The highest BCUT2D eigenvalue weighted by atomic mass is 127. The van der Waals surface area contributed by atoms with Gasteiger partial charge in [-0.2, -0.15) is 0 Å². The van der Waals surface area contributed by atoms with Crippen molar-refractivity contribution in [1.29, 1.82) is 0 Å². The van der Waals surface area contributed by atoms with E-state index >= 15 is 0 Å². The van der Waals surface area contributed by atoms with Crippen LogP contribution in [0.5, 0.6) is 0 Å². The molecule has 0 atom stereocenters. The Hall–Kier alpha value is -1.23. The van der Waals surface area contributed by atoms with Crippen LogP contribution in [0.1, 0.15) is 11.1 Å². The van der Waals surface area contributed by atoms with Crippen molar-refractivity contribution in [2.24, 2.45) is 0 Å². The van der Waals surface area contributed by atoms with Crippen LogP contribution in [0.25, 0.3) is 9.66 Å². The SMILES string of the molecule is C=C/C=C\c1ccc(N)c(N)c1C(=C)I. The summed E-state index contributed by atoms with van der Waals surface area (Å²) in [5.74, 6) is 0. The van der Waals surface area contributed by atoms with Crippen LogP contribution >= 0.6 is 22.6 Å². The maximum absolute atomic E-state index is 5.91. The largest absolute Gasteiger partial charge is 0.397 e. The van der Waals surface area contributed by atoms with Gasteiger partial charge in [-0.15, -0.1) is 0 Å². The highest BCUT2D eigenvalue weighted by molar-refractivity contribution is 14.1. The highest BCUT2D eigenvalue weighted by Crippen LogP contribution is 2.33. The molecule has 0 aliphatic heterocycles. The Kier molecular flexibility index (Phi) is 3.96. The summed E-state index contributed by atoms with van der Waals surface area (Å²) in [6.45, 7) is 7.51. The number of hydrogen-bond acceptors (Lipinski definition) is 2. The molecule has 78 valence electrons. The fourth-order valence-electron chi connectivity index (χ4n) is 1.27. The van der Waals surface area contributed by atoms with E-state index in [4.69, 9.17) is 11.5 Å². The van der Waals surface area contributed by atoms with Crippen LogP contribution in [-0.4, -0.2) is 0 Å². The van der Waals surface area contributed by atoms with Gasteiger partial charge in [-0.25, -0.2) is 0 Å². The number of anilines is 2. The number of halogens is 1. The van der Waals surface area contributed by atoms with Gasteiger partial charge in [0.2, 0.25) is 0 Å². The first-order chi connectivity index (χ1) is 7.07. The second-order valence-corrected chi connectivity index (χ2v) is 4.33. The summed E-state index contributed by atoms with van der Waals surface area (Å²) in [6, 6.07) is 3.71. The van der Waals surface area contributed by atoms with Crippen LogP contribution < -0.4 is 11.5 Å². The Morgan fingerprint density at radius 1 is 1.33 bits per heavy atom. The summed E-state index contributed by atoms with van der Waals surface area (Å²) in [7, 11) is 0. The summed E-state index contributed by atoms with van der Waals surface area (Å²) in [4.78, 5) is 0. The van der Waals surface area contributed by atoms with Crippen molar-refractivity contribution in [3.63, 3.8) is 0 Å². The highest BCUT2D eigenvalue weighted by Gasteiger charge is 2.08. The third-order valence-corrected chi connectivity index (χ3v) is 2.53. The molecule has 0 aliphatic rings. The van der Waals surface area contributed by atoms with Crippen LogP contribution in [0.2, 0.25) is 0 Å². The summed E-state index contributed by atoms with van der Waals surface area (Å²) < 4.78 is 0.876. The van der Waals surface area contributed by atoms with Crippen LogP contribution in [-0.2, 0) is 0 Å². The summed E-state index contributed by atoms with van der Waals surface area (Å²) in [6.07, 6.45) is 5.50. The molecule has 0 bridgehead atoms. The first-order valence-corrected chi connectivity index (χ1v) is 5.47. The van der Waals surface area contributed by atoms with Gasteiger partial charge in [-0.05, 0) is 34.2 Å². The molecule has 0 spiro atoms. The quantitative estimate of drug-likeness (QED) is 0.510. The molecule has 0 fully saturated rings. The van der Waals surface area contributed by atoms with Gasteiger partial charge >= 0.3 is 0 Å². The second-order valence-electron chi connectivity index (χ2n) is 3.03. The third-order valence-electron chi connectivity index (χ3n) is 1.99. The summed E-state index contributed by atoms with van der Waals surface area (Å²) in [5, 5.41) is 0. The van der Waals surface area contributed by atoms with Crippen LogP contribution in [0.15, 0.2) is 37.4 Å². The minimum atomic E-state index is 0.582. The van der Waals surface area contributed by atoms with Crippen molar-refractivity contribution in [1.82, 2.24) is 0 Å². The van der Waals surface area contributed by atoms with E-state index < -0.39 is 0 Å². The molecule has 15 heavy (non-hydrogen) atoms. The maximum atomic E-state index is 5.91. The molecule has 0 radical (unpaired) electrons. The Morgan fingerprint density at radius 2 is 2.00 bits per heavy atom. The van der Waals surface area contributed by atoms with Crippen molar-refractivity contribution in [3.8, 4) is 0 Å². The molecule has 0 heterocycles. The topological polar surface area (TPSA) is 52.0 Å². The molecule has 2 nitrogen and oxygen atoms in total. The van der Waals surface area contributed by atoms with Crippen LogP contribution in [0.4, 0.5) is 11.4 Å². The molecule has 1 rings (SSSR count). The zero-order chi connectivity index (χ0) is 11.4. The lowest BCUT2D eigenvalue weighted by Crippen LogP contribution is -1.99. The Balaban J connectivity index is 3.39. The van der Waals surface area contributed by atoms with Crippen molar-refractivity contribution < 1.29 is 0 Å². The van der Waals surface area contributed by atoms with Gasteiger partial charge < -0.3 is 11.5 Å². The van der Waals surface area contributed by atoms with Gasteiger partial charge in [0.05, 0.1) is 11.4 Å². The first kappa shape index (κ1) is 11.8. The van der Waals surface area contributed by atoms with Gasteiger partial charge in [0, 0.05) is 9.14 Å². The van der Waals surface area contributed by atoms with Crippen LogP contribution in [0, 0.1) is 0 Å². The lowest BCUT2D eigenvalue weighted by Gasteiger charge is -2.10. The van der Waals surface area contributed by atoms with Gasteiger partial charge in [0.25, 0.3) is 0 Å².